The SMILES string of the molecule is NC(=S)c1ccccc1Cn1ccnc1C(F)(F)F. The van der Waals surface area contributed by atoms with E-state index in [4.69, 9.17) is 18.0 Å². The van der Waals surface area contributed by atoms with Gasteiger partial charge in [0.05, 0.1) is 0 Å². The van der Waals surface area contributed by atoms with Crippen molar-refractivity contribution in [3.8, 4) is 0 Å². The van der Waals surface area contributed by atoms with Crippen molar-refractivity contribution in [1.29, 1.82) is 0 Å². The maximum absolute atomic E-state index is 12.7. The van der Waals surface area contributed by atoms with Crippen LogP contribution in [0.4, 0.5) is 13.2 Å². The summed E-state index contributed by atoms with van der Waals surface area (Å²) in [6, 6.07) is 6.83. The predicted octanol–water partition coefficient (Wildman–Crippen LogP) is 2.58. The fourth-order valence-electron chi connectivity index (χ4n) is 1.77. The molecule has 0 unspecified atom stereocenters. The molecule has 100 valence electrons. The summed E-state index contributed by atoms with van der Waals surface area (Å²) in [5.74, 6) is -0.940. The maximum atomic E-state index is 12.7. The van der Waals surface area contributed by atoms with Gasteiger partial charge in [0, 0.05) is 24.5 Å². The number of imidazole rings is 1. The first-order valence-corrected chi connectivity index (χ1v) is 5.76. The first kappa shape index (κ1) is 13.5. The highest BCUT2D eigenvalue weighted by molar-refractivity contribution is 7.80. The number of alkyl halides is 3. The summed E-state index contributed by atoms with van der Waals surface area (Å²) < 4.78 is 39.2. The van der Waals surface area contributed by atoms with Gasteiger partial charge in [-0.05, 0) is 5.56 Å². The van der Waals surface area contributed by atoms with Crippen LogP contribution in [-0.2, 0) is 12.7 Å². The van der Waals surface area contributed by atoms with Crippen molar-refractivity contribution in [3.05, 3.63) is 53.6 Å². The summed E-state index contributed by atoms with van der Waals surface area (Å²) in [6.45, 7) is 0.0162. The van der Waals surface area contributed by atoms with E-state index in [2.05, 4.69) is 4.98 Å². The summed E-state index contributed by atoms with van der Waals surface area (Å²) in [5.41, 5.74) is 6.74. The van der Waals surface area contributed by atoms with E-state index in [0.717, 1.165) is 10.8 Å². The van der Waals surface area contributed by atoms with E-state index in [1.165, 1.54) is 6.20 Å². The van der Waals surface area contributed by atoms with Crippen LogP contribution in [0.15, 0.2) is 36.7 Å². The van der Waals surface area contributed by atoms with E-state index >= 15 is 0 Å². The average molecular weight is 285 g/mol. The number of nitrogens with zero attached hydrogens (tertiary/aromatic N) is 2. The first-order chi connectivity index (χ1) is 8.89. The second-order valence-corrected chi connectivity index (χ2v) is 4.34. The van der Waals surface area contributed by atoms with Gasteiger partial charge >= 0.3 is 6.18 Å². The van der Waals surface area contributed by atoms with Crippen molar-refractivity contribution >= 4 is 17.2 Å². The Balaban J connectivity index is 2.38. The highest BCUT2D eigenvalue weighted by Gasteiger charge is 2.36. The molecule has 0 aliphatic heterocycles. The highest BCUT2D eigenvalue weighted by Crippen LogP contribution is 2.28. The molecule has 0 atom stereocenters. The van der Waals surface area contributed by atoms with Gasteiger partial charge in [-0.25, -0.2) is 4.98 Å². The fraction of sp³-hybridized carbons (Fsp3) is 0.167. The molecule has 7 heteroatoms. The minimum absolute atomic E-state index is 0.0162. The molecule has 0 saturated heterocycles. The van der Waals surface area contributed by atoms with E-state index in [0.29, 0.717) is 11.1 Å². The van der Waals surface area contributed by atoms with E-state index in [1.807, 2.05) is 0 Å². The third-order valence-corrected chi connectivity index (χ3v) is 2.81. The Morgan fingerprint density at radius 2 is 2.00 bits per heavy atom. The summed E-state index contributed by atoms with van der Waals surface area (Å²) in [6.07, 6.45) is -2.09. The number of rotatable bonds is 3. The second kappa shape index (κ2) is 5.00. The second-order valence-electron chi connectivity index (χ2n) is 3.90. The molecule has 0 saturated carbocycles. The van der Waals surface area contributed by atoms with E-state index in [-0.39, 0.29) is 11.5 Å². The van der Waals surface area contributed by atoms with Crippen molar-refractivity contribution < 1.29 is 13.2 Å². The summed E-state index contributed by atoms with van der Waals surface area (Å²) in [7, 11) is 0. The van der Waals surface area contributed by atoms with Gasteiger partial charge in [0.2, 0.25) is 5.82 Å². The molecule has 0 fully saturated rings. The largest absolute Gasteiger partial charge is 0.449 e. The van der Waals surface area contributed by atoms with Crippen LogP contribution in [0.25, 0.3) is 0 Å². The van der Waals surface area contributed by atoms with Crippen molar-refractivity contribution in [2.24, 2.45) is 5.73 Å². The third kappa shape index (κ3) is 2.93. The van der Waals surface area contributed by atoms with Crippen LogP contribution in [0, 0.1) is 0 Å². The van der Waals surface area contributed by atoms with Gasteiger partial charge in [0.25, 0.3) is 0 Å². The predicted molar refractivity (Wildman–Crippen MR) is 68.7 cm³/mol. The lowest BCUT2D eigenvalue weighted by Gasteiger charge is -2.12. The van der Waals surface area contributed by atoms with Gasteiger partial charge in [0.15, 0.2) is 0 Å². The number of aromatic nitrogens is 2. The van der Waals surface area contributed by atoms with Gasteiger partial charge in [-0.15, -0.1) is 0 Å². The molecule has 0 aliphatic carbocycles. The molecule has 0 spiro atoms. The number of nitrogens with two attached hydrogens (primary N) is 1. The Kier molecular flexibility index (Phi) is 3.57. The van der Waals surface area contributed by atoms with Crippen molar-refractivity contribution in [2.45, 2.75) is 12.7 Å². The van der Waals surface area contributed by atoms with Crippen LogP contribution >= 0.6 is 12.2 Å². The molecule has 0 bridgehead atoms. The normalized spacial score (nSPS) is 11.5. The maximum Gasteiger partial charge on any atom is 0.449 e. The quantitative estimate of drug-likeness (QED) is 0.882. The van der Waals surface area contributed by atoms with Gasteiger partial charge in [0.1, 0.15) is 4.99 Å². The lowest BCUT2D eigenvalue weighted by molar-refractivity contribution is -0.147. The number of hydrogen-bond acceptors (Lipinski definition) is 2. The molecule has 0 radical (unpaired) electrons. The third-order valence-electron chi connectivity index (χ3n) is 2.59. The van der Waals surface area contributed by atoms with Crippen LogP contribution in [0.1, 0.15) is 17.0 Å². The molecular weight excluding hydrogens is 275 g/mol. The molecule has 2 rings (SSSR count). The van der Waals surface area contributed by atoms with Gasteiger partial charge in [-0.3, -0.25) is 0 Å². The minimum atomic E-state index is -4.48. The van der Waals surface area contributed by atoms with Crippen molar-refractivity contribution in [2.75, 3.05) is 0 Å². The van der Waals surface area contributed by atoms with Crippen LogP contribution < -0.4 is 5.73 Å². The van der Waals surface area contributed by atoms with Crippen molar-refractivity contribution in [1.82, 2.24) is 9.55 Å². The molecule has 0 amide bonds. The Hall–Kier alpha value is -1.89. The number of benzene rings is 1. The highest BCUT2D eigenvalue weighted by atomic mass is 32.1. The number of thiocarbonyl (C=S) groups is 1. The minimum Gasteiger partial charge on any atom is -0.389 e. The summed E-state index contributed by atoms with van der Waals surface area (Å²) in [4.78, 5) is 3.49. The monoisotopic (exact) mass is 285 g/mol. The zero-order chi connectivity index (χ0) is 14.0. The van der Waals surface area contributed by atoms with Gasteiger partial charge in [-0.2, -0.15) is 13.2 Å². The van der Waals surface area contributed by atoms with Crippen molar-refractivity contribution in [3.63, 3.8) is 0 Å². The van der Waals surface area contributed by atoms with Crippen LogP contribution in [0.3, 0.4) is 0 Å². The Bertz CT molecular complexity index is 604. The molecule has 1 aromatic carbocycles. The zero-order valence-corrected chi connectivity index (χ0v) is 10.5. The topological polar surface area (TPSA) is 43.8 Å². The summed E-state index contributed by atoms with van der Waals surface area (Å²) >= 11 is 4.88. The lowest BCUT2D eigenvalue weighted by Crippen LogP contribution is -2.18. The molecule has 1 aromatic heterocycles. The van der Waals surface area contributed by atoms with Gasteiger partial charge < -0.3 is 10.3 Å². The molecule has 0 aliphatic rings. The molecule has 19 heavy (non-hydrogen) atoms. The van der Waals surface area contributed by atoms with E-state index < -0.39 is 12.0 Å². The van der Waals surface area contributed by atoms with Crippen LogP contribution in [0.5, 0.6) is 0 Å². The Morgan fingerprint density at radius 3 is 2.63 bits per heavy atom. The molecule has 2 N–H and O–H groups in total. The smallest absolute Gasteiger partial charge is 0.389 e. The average Bonchev–Trinajstić information content (AvgIpc) is 2.77. The molecular formula is C12H10F3N3S. The fourth-order valence-corrected chi connectivity index (χ4v) is 1.97. The van der Waals surface area contributed by atoms with E-state index in [9.17, 15) is 13.2 Å². The molecule has 1 heterocycles. The van der Waals surface area contributed by atoms with Crippen LogP contribution in [0.2, 0.25) is 0 Å². The zero-order valence-electron chi connectivity index (χ0n) is 9.69. The lowest BCUT2D eigenvalue weighted by atomic mass is 10.1. The Labute approximate surface area is 112 Å². The van der Waals surface area contributed by atoms with Crippen LogP contribution in [-0.4, -0.2) is 14.5 Å². The van der Waals surface area contributed by atoms with Gasteiger partial charge in [-0.1, -0.05) is 36.5 Å². The first-order valence-electron chi connectivity index (χ1n) is 5.35. The van der Waals surface area contributed by atoms with E-state index in [1.54, 1.807) is 24.3 Å². The number of halogens is 3. The number of hydrogen-bond donors (Lipinski definition) is 1. The summed E-state index contributed by atoms with van der Waals surface area (Å²) in [5, 5.41) is 0. The standard InChI is InChI=1S/C12H10F3N3S/c13-12(14,15)11-17-5-6-18(11)7-8-3-1-2-4-9(8)10(16)19/h1-6H,7H2,(H2,16,19). The molecule has 2 aromatic rings. The Morgan fingerprint density at radius 1 is 1.32 bits per heavy atom. The molecule has 3 nitrogen and oxygen atoms in total.